The van der Waals surface area contributed by atoms with Crippen LogP contribution in [0.15, 0.2) is 42.5 Å². The molecule has 0 unspecified atom stereocenters. The van der Waals surface area contributed by atoms with Gasteiger partial charge in [-0.2, -0.15) is 26.3 Å². The Hall–Kier alpha value is -2.29. The van der Waals surface area contributed by atoms with Crippen LogP contribution in [0.3, 0.4) is 0 Å². The first kappa shape index (κ1) is 18.1. The summed E-state index contributed by atoms with van der Waals surface area (Å²) < 4.78 is 81.4. The minimum Gasteiger partial charge on any atom is -0.479 e. The second-order valence-electron chi connectivity index (χ2n) is 4.91. The van der Waals surface area contributed by atoms with Crippen LogP contribution in [0.25, 0.3) is 10.8 Å². The number of hydrogen-bond donors (Lipinski definition) is 1. The van der Waals surface area contributed by atoms with Gasteiger partial charge in [0, 0.05) is 0 Å². The van der Waals surface area contributed by atoms with Gasteiger partial charge in [-0.15, -0.1) is 0 Å². The van der Waals surface area contributed by atoms with Crippen LogP contribution in [-0.2, 0) is 16.1 Å². The molecule has 0 heterocycles. The summed E-state index contributed by atoms with van der Waals surface area (Å²) in [4.78, 5) is 10.8. The molecule has 24 heavy (non-hydrogen) atoms. The lowest BCUT2D eigenvalue weighted by Gasteiger charge is -2.33. The predicted molar refractivity (Wildman–Crippen MR) is 71.2 cm³/mol. The zero-order chi connectivity index (χ0) is 18.2. The average molecular weight is 352 g/mol. The molecule has 0 atom stereocenters. The third-order valence-electron chi connectivity index (χ3n) is 3.42. The molecule has 0 radical (unpaired) electrons. The van der Waals surface area contributed by atoms with Gasteiger partial charge in [-0.3, -0.25) is 0 Å². The number of carboxylic acid groups (broad SMARTS) is 1. The quantitative estimate of drug-likeness (QED) is 0.835. The number of ether oxygens (including phenoxy) is 1. The molecule has 0 saturated heterocycles. The van der Waals surface area contributed by atoms with Gasteiger partial charge in [0.1, 0.15) is 0 Å². The number of halogens is 6. The predicted octanol–water partition coefficient (Wildman–Crippen LogP) is 4.30. The summed E-state index contributed by atoms with van der Waals surface area (Å²) >= 11 is 0. The fourth-order valence-corrected chi connectivity index (χ4v) is 2.23. The molecule has 0 saturated carbocycles. The van der Waals surface area contributed by atoms with Gasteiger partial charge in [0.25, 0.3) is 0 Å². The molecule has 0 amide bonds. The second kappa shape index (κ2) is 5.97. The smallest absolute Gasteiger partial charge is 0.437 e. The zero-order valence-corrected chi connectivity index (χ0v) is 11.8. The number of carbonyl (C=O) groups is 1. The summed E-state index contributed by atoms with van der Waals surface area (Å²) in [6.45, 7) is -1.17. The van der Waals surface area contributed by atoms with Crippen LogP contribution in [0.1, 0.15) is 5.56 Å². The molecule has 0 aromatic heterocycles. The molecular formula is C15H10F6O3. The van der Waals surface area contributed by atoms with Crippen molar-refractivity contribution in [1.29, 1.82) is 0 Å². The highest BCUT2D eigenvalue weighted by Gasteiger charge is 2.78. The van der Waals surface area contributed by atoms with E-state index in [-0.39, 0.29) is 5.56 Å². The van der Waals surface area contributed by atoms with Crippen LogP contribution >= 0.6 is 0 Å². The van der Waals surface area contributed by atoms with Crippen LogP contribution in [0, 0.1) is 0 Å². The van der Waals surface area contributed by atoms with Crippen molar-refractivity contribution in [2.75, 3.05) is 0 Å². The van der Waals surface area contributed by atoms with Crippen LogP contribution in [0.2, 0.25) is 0 Å². The van der Waals surface area contributed by atoms with Crippen molar-refractivity contribution >= 4 is 16.7 Å². The summed E-state index contributed by atoms with van der Waals surface area (Å²) in [5.41, 5.74) is -5.29. The Labute approximate surface area is 131 Å². The fourth-order valence-electron chi connectivity index (χ4n) is 2.23. The molecule has 2 aromatic rings. The second-order valence-corrected chi connectivity index (χ2v) is 4.91. The molecule has 0 aliphatic carbocycles. The van der Waals surface area contributed by atoms with E-state index < -0.39 is 30.5 Å². The van der Waals surface area contributed by atoms with E-state index in [2.05, 4.69) is 4.74 Å². The standard InChI is InChI=1S/C15H10F6O3/c16-14(17,18)13(12(22)23,15(19,20)21)24-8-10-6-3-5-9-4-1-2-7-11(9)10/h1-7H,8H2,(H,22,23). The molecule has 0 spiro atoms. The molecule has 130 valence electrons. The molecule has 0 aliphatic heterocycles. The van der Waals surface area contributed by atoms with Gasteiger partial charge in [0.2, 0.25) is 0 Å². The van der Waals surface area contributed by atoms with E-state index >= 15 is 0 Å². The number of benzene rings is 2. The topological polar surface area (TPSA) is 46.5 Å². The van der Waals surface area contributed by atoms with Crippen LogP contribution < -0.4 is 0 Å². The van der Waals surface area contributed by atoms with E-state index in [0.29, 0.717) is 10.8 Å². The minimum absolute atomic E-state index is 0.00669. The highest BCUT2D eigenvalue weighted by Crippen LogP contribution is 2.46. The van der Waals surface area contributed by atoms with Gasteiger partial charge in [0.15, 0.2) is 0 Å². The van der Waals surface area contributed by atoms with E-state index in [9.17, 15) is 31.1 Å². The number of fused-ring (bicyclic) bond motifs is 1. The fraction of sp³-hybridized carbons (Fsp3) is 0.267. The van der Waals surface area contributed by atoms with E-state index in [1.807, 2.05) is 0 Å². The van der Waals surface area contributed by atoms with E-state index in [1.165, 1.54) is 18.2 Å². The number of aliphatic carboxylic acids is 1. The van der Waals surface area contributed by atoms with Gasteiger partial charge < -0.3 is 9.84 Å². The third-order valence-corrected chi connectivity index (χ3v) is 3.42. The van der Waals surface area contributed by atoms with E-state index in [4.69, 9.17) is 5.11 Å². The Balaban J connectivity index is 2.46. The molecule has 1 N–H and O–H groups in total. The van der Waals surface area contributed by atoms with Crippen LogP contribution in [-0.4, -0.2) is 29.0 Å². The Bertz CT molecular complexity index is 731. The number of rotatable bonds is 4. The van der Waals surface area contributed by atoms with Gasteiger partial charge >= 0.3 is 23.9 Å². The molecular weight excluding hydrogens is 342 g/mol. The first-order valence-electron chi connectivity index (χ1n) is 6.48. The highest BCUT2D eigenvalue weighted by atomic mass is 19.4. The highest BCUT2D eigenvalue weighted by molar-refractivity contribution is 5.85. The number of alkyl halides is 6. The largest absolute Gasteiger partial charge is 0.479 e. The molecule has 0 bridgehead atoms. The van der Waals surface area contributed by atoms with Crippen LogP contribution in [0.5, 0.6) is 0 Å². The van der Waals surface area contributed by atoms with E-state index in [1.54, 1.807) is 24.3 Å². The van der Waals surface area contributed by atoms with Crippen molar-refractivity contribution in [3.63, 3.8) is 0 Å². The Morgan fingerprint density at radius 1 is 0.917 bits per heavy atom. The van der Waals surface area contributed by atoms with E-state index in [0.717, 1.165) is 0 Å². The summed E-state index contributed by atoms with van der Waals surface area (Å²) in [7, 11) is 0. The molecule has 9 heteroatoms. The Morgan fingerprint density at radius 3 is 2.00 bits per heavy atom. The summed E-state index contributed by atoms with van der Waals surface area (Å²) in [5, 5.41) is 9.55. The van der Waals surface area contributed by atoms with Crippen molar-refractivity contribution in [2.24, 2.45) is 0 Å². The maximum absolute atomic E-state index is 12.9. The lowest BCUT2D eigenvalue weighted by atomic mass is 10.0. The van der Waals surface area contributed by atoms with Crippen molar-refractivity contribution in [3.8, 4) is 0 Å². The monoisotopic (exact) mass is 352 g/mol. The maximum Gasteiger partial charge on any atom is 0.437 e. The SMILES string of the molecule is O=C(O)C(OCc1cccc2ccccc12)(C(F)(F)F)C(F)(F)F. The number of hydrogen-bond acceptors (Lipinski definition) is 2. The maximum atomic E-state index is 12.9. The Morgan fingerprint density at radius 2 is 1.46 bits per heavy atom. The first-order chi connectivity index (χ1) is 11.0. The molecule has 0 fully saturated rings. The third kappa shape index (κ3) is 2.91. The lowest BCUT2D eigenvalue weighted by molar-refractivity contribution is -0.370. The van der Waals surface area contributed by atoms with Crippen molar-refractivity contribution in [2.45, 2.75) is 24.6 Å². The van der Waals surface area contributed by atoms with Crippen molar-refractivity contribution < 1.29 is 41.0 Å². The summed E-state index contributed by atoms with van der Waals surface area (Å²) in [6.07, 6.45) is -12.4. The average Bonchev–Trinajstić information content (AvgIpc) is 2.44. The van der Waals surface area contributed by atoms with Crippen LogP contribution in [0.4, 0.5) is 26.3 Å². The summed E-state index contributed by atoms with van der Waals surface area (Å²) in [6, 6.07) is 10.6. The minimum atomic E-state index is -6.18. The lowest BCUT2D eigenvalue weighted by Crippen LogP contribution is -2.64. The van der Waals surface area contributed by atoms with Gasteiger partial charge in [-0.1, -0.05) is 42.5 Å². The van der Waals surface area contributed by atoms with Gasteiger partial charge in [-0.05, 0) is 16.3 Å². The summed E-state index contributed by atoms with van der Waals surface area (Å²) in [5.74, 6) is -3.16. The molecule has 0 aliphatic rings. The van der Waals surface area contributed by atoms with Gasteiger partial charge in [0.05, 0.1) is 6.61 Å². The zero-order valence-electron chi connectivity index (χ0n) is 11.8. The molecule has 2 aromatic carbocycles. The van der Waals surface area contributed by atoms with Crippen molar-refractivity contribution in [1.82, 2.24) is 0 Å². The number of carboxylic acids is 1. The normalized spacial score (nSPS) is 13.2. The Kier molecular flexibility index (Phi) is 4.49. The molecule has 3 nitrogen and oxygen atoms in total. The molecule has 2 rings (SSSR count). The van der Waals surface area contributed by atoms with Gasteiger partial charge in [-0.25, -0.2) is 4.79 Å². The van der Waals surface area contributed by atoms with Crippen molar-refractivity contribution in [3.05, 3.63) is 48.0 Å². The first-order valence-corrected chi connectivity index (χ1v) is 6.48.